The molecule has 0 unspecified atom stereocenters. The number of rotatable bonds is 6. The van der Waals surface area contributed by atoms with Gasteiger partial charge in [0, 0.05) is 38.2 Å². The first-order chi connectivity index (χ1) is 16.5. The van der Waals surface area contributed by atoms with Crippen LogP contribution < -0.4 is 5.32 Å². The van der Waals surface area contributed by atoms with E-state index in [1.165, 1.54) is 4.90 Å². The number of anilines is 2. The van der Waals surface area contributed by atoms with Gasteiger partial charge in [-0.3, -0.25) is 10.1 Å². The summed E-state index contributed by atoms with van der Waals surface area (Å²) >= 11 is 0. The van der Waals surface area contributed by atoms with Gasteiger partial charge in [-0.15, -0.1) is 5.10 Å². The Kier molecular flexibility index (Phi) is 4.62. The van der Waals surface area contributed by atoms with E-state index < -0.39 is 11.5 Å². The summed E-state index contributed by atoms with van der Waals surface area (Å²) < 4.78 is 10.9. The van der Waals surface area contributed by atoms with Gasteiger partial charge >= 0.3 is 6.01 Å². The maximum atomic E-state index is 12.4. The van der Waals surface area contributed by atoms with Crippen LogP contribution in [0, 0.1) is 0 Å². The molecule has 1 atom stereocenters. The molecule has 1 saturated carbocycles. The van der Waals surface area contributed by atoms with Crippen molar-refractivity contribution >= 4 is 17.9 Å². The largest absolute Gasteiger partial charge is 0.408 e. The molecule has 1 aliphatic carbocycles. The molecular formula is C22H20N8O4. The maximum absolute atomic E-state index is 12.4. The van der Waals surface area contributed by atoms with Crippen molar-refractivity contribution in [2.24, 2.45) is 0 Å². The average molecular weight is 460 g/mol. The molecular weight excluding hydrogens is 440 g/mol. The van der Waals surface area contributed by atoms with Crippen LogP contribution in [0.15, 0.2) is 45.5 Å². The monoisotopic (exact) mass is 460 g/mol. The van der Waals surface area contributed by atoms with E-state index in [-0.39, 0.29) is 18.2 Å². The molecule has 4 aromatic heterocycles. The number of likely N-dealkylation sites (tertiary alicyclic amines) is 1. The predicted octanol–water partition coefficient (Wildman–Crippen LogP) is 2.25. The van der Waals surface area contributed by atoms with Gasteiger partial charge in [0.25, 0.3) is 5.91 Å². The SMILES string of the molecule is CN1CC[C@@](O)(c2cc(-c3cccc(-c4ccnc(Nc5nnc(C6CC6)o5)n4)n3)no2)C1=O. The smallest absolute Gasteiger partial charge is 0.322 e. The van der Waals surface area contributed by atoms with E-state index in [4.69, 9.17) is 8.94 Å². The summed E-state index contributed by atoms with van der Waals surface area (Å²) in [6.07, 6.45) is 3.97. The van der Waals surface area contributed by atoms with Gasteiger partial charge in [0.2, 0.25) is 17.4 Å². The first-order valence-corrected chi connectivity index (χ1v) is 10.9. The lowest BCUT2D eigenvalue weighted by Crippen LogP contribution is -2.35. The van der Waals surface area contributed by atoms with Crippen LogP contribution in [-0.4, -0.2) is 59.8 Å². The number of amides is 1. The zero-order chi connectivity index (χ0) is 23.3. The zero-order valence-electron chi connectivity index (χ0n) is 18.2. The van der Waals surface area contributed by atoms with Crippen LogP contribution in [-0.2, 0) is 10.4 Å². The second-order valence-electron chi connectivity index (χ2n) is 8.43. The Morgan fingerprint density at radius 1 is 1.12 bits per heavy atom. The normalized spacial score (nSPS) is 20.2. The second kappa shape index (κ2) is 7.70. The molecule has 1 amide bonds. The molecule has 1 saturated heterocycles. The van der Waals surface area contributed by atoms with Crippen molar-refractivity contribution in [2.45, 2.75) is 30.8 Å². The van der Waals surface area contributed by atoms with Gasteiger partial charge in [-0.1, -0.05) is 16.3 Å². The van der Waals surface area contributed by atoms with Gasteiger partial charge in [-0.05, 0) is 31.0 Å². The fraction of sp³-hybridized carbons (Fsp3) is 0.318. The Hall–Kier alpha value is -4.19. The van der Waals surface area contributed by atoms with E-state index in [9.17, 15) is 9.90 Å². The summed E-state index contributed by atoms with van der Waals surface area (Å²) in [5.41, 5.74) is 0.342. The van der Waals surface area contributed by atoms with Crippen molar-refractivity contribution in [3.8, 4) is 22.8 Å². The minimum atomic E-state index is -1.71. The maximum Gasteiger partial charge on any atom is 0.322 e. The van der Waals surface area contributed by atoms with Crippen LogP contribution >= 0.6 is 0 Å². The van der Waals surface area contributed by atoms with Crippen molar-refractivity contribution in [2.75, 3.05) is 18.9 Å². The Balaban J connectivity index is 1.24. The number of aliphatic hydroxyl groups is 1. The second-order valence-corrected chi connectivity index (χ2v) is 8.43. The number of hydrogen-bond acceptors (Lipinski definition) is 11. The van der Waals surface area contributed by atoms with Crippen molar-refractivity contribution in [1.29, 1.82) is 0 Å². The van der Waals surface area contributed by atoms with E-state index >= 15 is 0 Å². The molecule has 0 bridgehead atoms. The lowest BCUT2D eigenvalue weighted by atomic mass is 9.98. The van der Waals surface area contributed by atoms with Gasteiger partial charge in [0.15, 0.2) is 5.76 Å². The van der Waals surface area contributed by atoms with Gasteiger partial charge < -0.3 is 18.9 Å². The first-order valence-electron chi connectivity index (χ1n) is 10.9. The lowest BCUT2D eigenvalue weighted by molar-refractivity contribution is -0.144. The van der Waals surface area contributed by atoms with Crippen molar-refractivity contribution in [1.82, 2.24) is 35.2 Å². The molecule has 4 aromatic rings. The quantitative estimate of drug-likeness (QED) is 0.435. The molecule has 172 valence electrons. The number of nitrogens with zero attached hydrogens (tertiary/aromatic N) is 7. The summed E-state index contributed by atoms with van der Waals surface area (Å²) in [6.45, 7) is 0.439. The molecule has 1 aliphatic heterocycles. The van der Waals surface area contributed by atoms with Crippen LogP contribution in [0.3, 0.4) is 0 Å². The summed E-state index contributed by atoms with van der Waals surface area (Å²) in [7, 11) is 1.64. The first kappa shape index (κ1) is 20.4. The fourth-order valence-electron chi connectivity index (χ4n) is 3.83. The van der Waals surface area contributed by atoms with Gasteiger partial charge in [-0.2, -0.15) is 0 Å². The molecule has 6 rings (SSSR count). The Morgan fingerprint density at radius 3 is 2.68 bits per heavy atom. The van der Waals surface area contributed by atoms with E-state index in [0.29, 0.717) is 47.1 Å². The molecule has 0 radical (unpaired) electrons. The number of aromatic nitrogens is 6. The minimum Gasteiger partial charge on any atom is -0.408 e. The number of carbonyl (C=O) groups is 1. The van der Waals surface area contributed by atoms with Crippen LogP contribution in [0.2, 0.25) is 0 Å². The number of nitrogens with one attached hydrogen (secondary N) is 1. The number of pyridine rings is 1. The van der Waals surface area contributed by atoms with Gasteiger partial charge in [0.05, 0.1) is 17.1 Å². The Morgan fingerprint density at radius 2 is 1.91 bits per heavy atom. The van der Waals surface area contributed by atoms with Crippen molar-refractivity contribution in [3.05, 3.63) is 48.2 Å². The fourth-order valence-corrected chi connectivity index (χ4v) is 3.83. The summed E-state index contributed by atoms with van der Waals surface area (Å²) in [5.74, 6) is 0.958. The molecule has 0 aromatic carbocycles. The zero-order valence-corrected chi connectivity index (χ0v) is 18.2. The number of hydrogen-bond donors (Lipinski definition) is 2. The van der Waals surface area contributed by atoms with Gasteiger partial charge in [-0.25, -0.2) is 15.0 Å². The van der Waals surface area contributed by atoms with Crippen molar-refractivity contribution in [3.63, 3.8) is 0 Å². The standard InChI is InChI=1S/C22H20N8O4/c1-30-10-8-22(32,19(30)31)17-11-16(29-34-17)14-4-2-3-13(24-14)15-7-9-23-20(25-15)26-21-28-27-18(33-21)12-5-6-12/h2-4,7,9,11-12,32H,5-6,8,10H2,1H3,(H,23,25,26,28)/t22-/m1/s1. The van der Waals surface area contributed by atoms with E-state index in [0.717, 1.165) is 12.8 Å². The molecule has 2 fully saturated rings. The van der Waals surface area contributed by atoms with E-state index in [1.54, 1.807) is 37.5 Å². The molecule has 2 aliphatic rings. The highest BCUT2D eigenvalue weighted by Crippen LogP contribution is 2.39. The summed E-state index contributed by atoms with van der Waals surface area (Å²) in [5, 5.41) is 25.8. The van der Waals surface area contributed by atoms with E-state index in [1.807, 2.05) is 6.07 Å². The number of carbonyl (C=O) groups excluding carboxylic acids is 1. The van der Waals surface area contributed by atoms with Crippen LogP contribution in [0.5, 0.6) is 0 Å². The molecule has 0 spiro atoms. The predicted molar refractivity (Wildman–Crippen MR) is 116 cm³/mol. The highest BCUT2D eigenvalue weighted by atomic mass is 16.5. The average Bonchev–Trinajstić information content (AvgIpc) is 3.28. The van der Waals surface area contributed by atoms with Crippen LogP contribution in [0.1, 0.15) is 36.8 Å². The third-order valence-electron chi connectivity index (χ3n) is 5.94. The Labute approximate surface area is 193 Å². The number of likely N-dealkylation sites (N-methyl/N-ethyl adjacent to an activating group) is 1. The topological polar surface area (TPSA) is 156 Å². The van der Waals surface area contributed by atoms with Gasteiger partial charge in [0.1, 0.15) is 5.69 Å². The molecule has 12 nitrogen and oxygen atoms in total. The third kappa shape index (κ3) is 3.57. The molecule has 5 heterocycles. The van der Waals surface area contributed by atoms with Crippen LogP contribution in [0.25, 0.3) is 22.8 Å². The Bertz CT molecular complexity index is 1380. The lowest BCUT2D eigenvalue weighted by Gasteiger charge is -2.16. The van der Waals surface area contributed by atoms with Crippen molar-refractivity contribution < 1.29 is 18.8 Å². The molecule has 34 heavy (non-hydrogen) atoms. The minimum absolute atomic E-state index is 0.0997. The highest BCUT2D eigenvalue weighted by Gasteiger charge is 2.48. The van der Waals surface area contributed by atoms with Crippen LogP contribution in [0.4, 0.5) is 12.0 Å². The summed E-state index contributed by atoms with van der Waals surface area (Å²) in [4.78, 5) is 27.1. The molecule has 12 heteroatoms. The third-order valence-corrected chi connectivity index (χ3v) is 5.94. The molecule has 2 N–H and O–H groups in total. The highest BCUT2D eigenvalue weighted by molar-refractivity contribution is 5.87. The summed E-state index contributed by atoms with van der Waals surface area (Å²) in [6, 6.07) is 8.88. The van der Waals surface area contributed by atoms with E-state index in [2.05, 4.69) is 35.6 Å².